The van der Waals surface area contributed by atoms with Crippen LogP contribution < -0.4 is 10.5 Å². The second-order valence-corrected chi connectivity index (χ2v) is 4.70. The molecule has 3 aromatic rings. The van der Waals surface area contributed by atoms with Crippen molar-refractivity contribution in [3.63, 3.8) is 0 Å². The molecule has 0 bridgehead atoms. The van der Waals surface area contributed by atoms with E-state index in [1.165, 1.54) is 0 Å². The number of aromatic amines is 1. The number of nitrogens with one attached hydrogen (secondary N) is 1. The summed E-state index contributed by atoms with van der Waals surface area (Å²) in [5.41, 5.74) is 9.12. The smallest absolute Gasteiger partial charge is 0.227 e. The van der Waals surface area contributed by atoms with Crippen LogP contribution in [-0.2, 0) is 0 Å². The Bertz CT molecular complexity index is 808. The Hall–Kier alpha value is -3.08. The number of benzene rings is 2. The second-order valence-electron chi connectivity index (χ2n) is 4.70. The van der Waals surface area contributed by atoms with E-state index in [1.54, 1.807) is 19.5 Å². The number of methoxy groups -OCH3 is 1. The maximum atomic E-state index is 5.88. The summed E-state index contributed by atoms with van der Waals surface area (Å²) in [6, 6.07) is 15.3. The highest BCUT2D eigenvalue weighted by molar-refractivity contribution is 5.88. The molecule has 0 saturated heterocycles. The van der Waals surface area contributed by atoms with Crippen molar-refractivity contribution in [2.45, 2.75) is 0 Å². The van der Waals surface area contributed by atoms with Gasteiger partial charge in [0.15, 0.2) is 0 Å². The average Bonchev–Trinajstić information content (AvgIpc) is 3.03. The third kappa shape index (κ3) is 2.83. The molecule has 0 amide bonds. The van der Waals surface area contributed by atoms with Crippen LogP contribution in [0.25, 0.3) is 11.3 Å². The number of H-pyrrole nitrogens is 1. The molecule has 5 nitrogen and oxygen atoms in total. The van der Waals surface area contributed by atoms with Gasteiger partial charge in [0, 0.05) is 29.2 Å². The Kier molecular flexibility index (Phi) is 3.87. The molecule has 0 aliphatic heterocycles. The Morgan fingerprint density at radius 1 is 1.14 bits per heavy atom. The number of nitrogen functional groups attached to an aromatic ring is 1. The van der Waals surface area contributed by atoms with E-state index in [4.69, 9.17) is 10.5 Å². The van der Waals surface area contributed by atoms with Crippen molar-refractivity contribution in [1.29, 1.82) is 0 Å². The molecule has 0 radical (unpaired) electrons. The van der Waals surface area contributed by atoms with Gasteiger partial charge < -0.3 is 15.5 Å². The van der Waals surface area contributed by atoms with Gasteiger partial charge in [-0.05, 0) is 18.2 Å². The summed E-state index contributed by atoms with van der Waals surface area (Å²) in [4.78, 5) is 11.8. The van der Waals surface area contributed by atoms with Gasteiger partial charge in [-0.15, -0.1) is 0 Å². The summed E-state index contributed by atoms with van der Waals surface area (Å²) in [5.74, 6) is 1.29. The zero-order valence-electron chi connectivity index (χ0n) is 12.2. The van der Waals surface area contributed by atoms with Crippen molar-refractivity contribution in [3.05, 3.63) is 60.3 Å². The highest BCUT2D eigenvalue weighted by Crippen LogP contribution is 2.29. The second kappa shape index (κ2) is 6.13. The summed E-state index contributed by atoms with van der Waals surface area (Å²) in [5, 5.41) is 0. The number of hydrogen-bond acceptors (Lipinski definition) is 4. The largest absolute Gasteiger partial charge is 0.496 e. The Morgan fingerprint density at radius 3 is 2.73 bits per heavy atom. The van der Waals surface area contributed by atoms with E-state index >= 15 is 0 Å². The van der Waals surface area contributed by atoms with Crippen molar-refractivity contribution in [2.24, 2.45) is 4.99 Å². The van der Waals surface area contributed by atoms with Crippen molar-refractivity contribution in [3.8, 4) is 17.0 Å². The predicted molar refractivity (Wildman–Crippen MR) is 88.7 cm³/mol. The topological polar surface area (TPSA) is 76.3 Å². The quantitative estimate of drug-likeness (QED) is 0.571. The molecule has 0 atom stereocenters. The van der Waals surface area contributed by atoms with E-state index in [1.807, 2.05) is 48.5 Å². The average molecular weight is 292 g/mol. The molecule has 0 spiro atoms. The van der Waals surface area contributed by atoms with E-state index in [9.17, 15) is 0 Å². The van der Waals surface area contributed by atoms with Crippen LogP contribution in [0.3, 0.4) is 0 Å². The molecule has 0 unspecified atom stereocenters. The first-order valence-electron chi connectivity index (χ1n) is 6.85. The van der Waals surface area contributed by atoms with Crippen LogP contribution in [0.2, 0.25) is 0 Å². The molecule has 3 N–H and O–H groups in total. The molecule has 0 saturated carbocycles. The zero-order chi connectivity index (χ0) is 15.4. The van der Waals surface area contributed by atoms with Crippen LogP contribution in [0.15, 0.2) is 59.7 Å². The molecule has 1 aromatic heterocycles. The van der Waals surface area contributed by atoms with Gasteiger partial charge in [0.05, 0.1) is 12.8 Å². The van der Waals surface area contributed by atoms with Gasteiger partial charge in [-0.1, -0.05) is 30.3 Å². The Morgan fingerprint density at radius 2 is 1.91 bits per heavy atom. The van der Waals surface area contributed by atoms with Crippen molar-refractivity contribution < 1.29 is 4.74 Å². The van der Waals surface area contributed by atoms with Gasteiger partial charge in [-0.25, -0.2) is 9.98 Å². The molecule has 2 aromatic carbocycles. The van der Waals surface area contributed by atoms with Gasteiger partial charge in [0.25, 0.3) is 0 Å². The van der Waals surface area contributed by atoms with Crippen LogP contribution in [0.5, 0.6) is 5.75 Å². The summed E-state index contributed by atoms with van der Waals surface area (Å²) in [6.07, 6.45) is 3.50. The number of hydrogen-bond donors (Lipinski definition) is 2. The summed E-state index contributed by atoms with van der Waals surface area (Å²) in [7, 11) is 1.64. The molecule has 0 aliphatic carbocycles. The number of nitrogens with zero attached hydrogens (tertiary/aromatic N) is 2. The fourth-order valence-electron chi connectivity index (χ4n) is 2.13. The SMILES string of the molecule is COc1ccccc1-c1c[nH]c(/N=C/c2ccccc2N)n1. The van der Waals surface area contributed by atoms with Crippen LogP contribution >= 0.6 is 0 Å². The molecule has 110 valence electrons. The molecule has 0 aliphatic rings. The van der Waals surface area contributed by atoms with Crippen molar-refractivity contribution in [1.82, 2.24) is 9.97 Å². The molecule has 22 heavy (non-hydrogen) atoms. The lowest BCUT2D eigenvalue weighted by molar-refractivity contribution is 0.416. The highest BCUT2D eigenvalue weighted by Gasteiger charge is 2.08. The maximum Gasteiger partial charge on any atom is 0.227 e. The number of ether oxygens (including phenoxy) is 1. The van der Waals surface area contributed by atoms with Gasteiger partial charge in [-0.3, -0.25) is 0 Å². The number of anilines is 1. The lowest BCUT2D eigenvalue weighted by atomic mass is 10.1. The lowest BCUT2D eigenvalue weighted by Crippen LogP contribution is -1.91. The molecule has 0 fully saturated rings. The van der Waals surface area contributed by atoms with Crippen LogP contribution in [0, 0.1) is 0 Å². The molecular weight excluding hydrogens is 276 g/mol. The number of nitrogens with two attached hydrogens (primary N) is 1. The lowest BCUT2D eigenvalue weighted by Gasteiger charge is -2.04. The molecule has 1 heterocycles. The Labute approximate surface area is 128 Å². The number of imidazole rings is 1. The van der Waals surface area contributed by atoms with E-state index in [2.05, 4.69) is 15.0 Å². The summed E-state index contributed by atoms with van der Waals surface area (Å²) >= 11 is 0. The van der Waals surface area contributed by atoms with Gasteiger partial charge in [-0.2, -0.15) is 0 Å². The van der Waals surface area contributed by atoms with Crippen molar-refractivity contribution in [2.75, 3.05) is 12.8 Å². The van der Waals surface area contributed by atoms with Crippen molar-refractivity contribution >= 4 is 17.9 Å². The fourth-order valence-corrected chi connectivity index (χ4v) is 2.13. The Balaban J connectivity index is 1.87. The van der Waals surface area contributed by atoms with Gasteiger partial charge in [0.2, 0.25) is 5.95 Å². The number of aromatic nitrogens is 2. The van der Waals surface area contributed by atoms with E-state index in [0.717, 1.165) is 22.6 Å². The molecule has 3 rings (SSSR count). The van der Waals surface area contributed by atoms with E-state index in [-0.39, 0.29) is 0 Å². The predicted octanol–water partition coefficient (Wildman–Crippen LogP) is 3.42. The standard InChI is InChI=1S/C17H16N4O/c1-22-16-9-5-3-7-13(16)15-11-20-17(21-15)19-10-12-6-2-4-8-14(12)18/h2-11H,18H2,1H3,(H,20,21)/b19-10+. The normalized spacial score (nSPS) is 11.0. The van der Waals surface area contributed by atoms with E-state index in [0.29, 0.717) is 11.6 Å². The number of aliphatic imine (C=N–C) groups is 1. The first kappa shape index (κ1) is 13.9. The van der Waals surface area contributed by atoms with Crippen LogP contribution in [0.1, 0.15) is 5.56 Å². The zero-order valence-corrected chi connectivity index (χ0v) is 12.2. The summed E-state index contributed by atoms with van der Waals surface area (Å²) < 4.78 is 5.35. The first-order valence-corrected chi connectivity index (χ1v) is 6.85. The van der Waals surface area contributed by atoms with Crippen LogP contribution in [-0.4, -0.2) is 23.3 Å². The third-order valence-electron chi connectivity index (χ3n) is 3.27. The minimum Gasteiger partial charge on any atom is -0.496 e. The minimum absolute atomic E-state index is 0.518. The minimum atomic E-state index is 0.518. The molecular formula is C17H16N4O. The first-order chi connectivity index (χ1) is 10.8. The maximum absolute atomic E-state index is 5.88. The fraction of sp³-hybridized carbons (Fsp3) is 0.0588. The monoisotopic (exact) mass is 292 g/mol. The number of rotatable bonds is 4. The highest BCUT2D eigenvalue weighted by atomic mass is 16.5. The van der Waals surface area contributed by atoms with Gasteiger partial charge in [0.1, 0.15) is 5.75 Å². The third-order valence-corrected chi connectivity index (χ3v) is 3.27. The summed E-state index contributed by atoms with van der Waals surface area (Å²) in [6.45, 7) is 0. The number of para-hydroxylation sites is 2. The molecule has 5 heteroatoms. The van der Waals surface area contributed by atoms with Crippen LogP contribution in [0.4, 0.5) is 11.6 Å². The van der Waals surface area contributed by atoms with E-state index < -0.39 is 0 Å². The van der Waals surface area contributed by atoms with Gasteiger partial charge >= 0.3 is 0 Å².